The maximum atomic E-state index is 12.2. The second-order valence-corrected chi connectivity index (χ2v) is 5.15. The molecule has 2 rings (SSSR count). The average molecular weight is 277 g/mol. The van der Waals surface area contributed by atoms with Crippen LogP contribution < -0.4 is 10.1 Å². The number of ether oxygens (including phenoxy) is 1. The van der Waals surface area contributed by atoms with E-state index < -0.39 is 17.9 Å². The molecule has 1 aliphatic rings. The van der Waals surface area contributed by atoms with E-state index in [1.54, 1.807) is 6.92 Å². The molecule has 5 nitrogen and oxygen atoms in total. The lowest BCUT2D eigenvalue weighted by Crippen LogP contribution is -2.42. The molecule has 1 heterocycles. The molecular weight excluding hydrogens is 258 g/mol. The first-order valence-electron chi connectivity index (χ1n) is 6.71. The van der Waals surface area contributed by atoms with Gasteiger partial charge in [0.15, 0.2) is 0 Å². The molecular formula is C15H19NO4. The van der Waals surface area contributed by atoms with E-state index in [1.807, 2.05) is 26.0 Å². The van der Waals surface area contributed by atoms with Crippen LogP contribution in [-0.4, -0.2) is 29.6 Å². The third-order valence-corrected chi connectivity index (χ3v) is 3.75. The second-order valence-electron chi connectivity index (χ2n) is 5.15. The zero-order valence-corrected chi connectivity index (χ0v) is 11.9. The minimum absolute atomic E-state index is 0.264. The molecule has 0 radical (unpaired) electrons. The van der Waals surface area contributed by atoms with Gasteiger partial charge < -0.3 is 15.2 Å². The van der Waals surface area contributed by atoms with Crippen molar-refractivity contribution in [3.05, 3.63) is 28.8 Å². The van der Waals surface area contributed by atoms with Crippen molar-refractivity contribution in [1.29, 1.82) is 0 Å². The van der Waals surface area contributed by atoms with E-state index in [2.05, 4.69) is 5.32 Å². The van der Waals surface area contributed by atoms with E-state index in [0.717, 1.165) is 22.4 Å². The highest BCUT2D eigenvalue weighted by atomic mass is 16.5. The normalized spacial score (nSPS) is 18.1. The highest BCUT2D eigenvalue weighted by Crippen LogP contribution is 2.36. The summed E-state index contributed by atoms with van der Waals surface area (Å²) in [7, 11) is 0. The zero-order chi connectivity index (χ0) is 14.9. The van der Waals surface area contributed by atoms with Gasteiger partial charge in [-0.15, -0.1) is 0 Å². The first-order valence-corrected chi connectivity index (χ1v) is 6.71. The number of carbonyl (C=O) groups excluding carboxylic acids is 1. The summed E-state index contributed by atoms with van der Waals surface area (Å²) in [6.07, 6.45) is 0.356. The molecule has 1 aromatic carbocycles. The molecule has 2 atom stereocenters. The summed E-state index contributed by atoms with van der Waals surface area (Å²) in [4.78, 5) is 23.2. The Hall–Kier alpha value is -2.04. The number of carboxylic acid groups (broad SMARTS) is 1. The van der Waals surface area contributed by atoms with Gasteiger partial charge in [-0.2, -0.15) is 0 Å². The maximum Gasteiger partial charge on any atom is 0.326 e. The Morgan fingerprint density at radius 3 is 2.65 bits per heavy atom. The number of nitrogens with one attached hydrogen (secondary N) is 1. The fraction of sp³-hybridized carbons (Fsp3) is 0.467. The van der Waals surface area contributed by atoms with Crippen molar-refractivity contribution >= 4 is 11.9 Å². The van der Waals surface area contributed by atoms with Gasteiger partial charge >= 0.3 is 5.97 Å². The SMILES string of the molecule is CCC(NC(=O)C1COc2cc(C)c(C)cc21)C(=O)O. The summed E-state index contributed by atoms with van der Waals surface area (Å²) in [5, 5.41) is 11.6. The summed E-state index contributed by atoms with van der Waals surface area (Å²) < 4.78 is 5.54. The van der Waals surface area contributed by atoms with E-state index in [9.17, 15) is 9.59 Å². The highest BCUT2D eigenvalue weighted by molar-refractivity contribution is 5.89. The van der Waals surface area contributed by atoms with Gasteiger partial charge in [0.1, 0.15) is 24.3 Å². The molecule has 0 aliphatic carbocycles. The molecule has 0 bridgehead atoms. The number of benzene rings is 1. The third-order valence-electron chi connectivity index (χ3n) is 3.75. The molecule has 1 amide bonds. The molecule has 20 heavy (non-hydrogen) atoms. The molecule has 108 valence electrons. The van der Waals surface area contributed by atoms with Crippen LogP contribution >= 0.6 is 0 Å². The maximum absolute atomic E-state index is 12.2. The number of amides is 1. The predicted octanol–water partition coefficient (Wildman–Crippen LogP) is 1.76. The van der Waals surface area contributed by atoms with Crippen LogP contribution in [0.4, 0.5) is 0 Å². The molecule has 2 N–H and O–H groups in total. The number of aliphatic carboxylic acids is 1. The van der Waals surface area contributed by atoms with Crippen molar-refractivity contribution < 1.29 is 19.4 Å². The summed E-state index contributed by atoms with van der Waals surface area (Å²) in [5.41, 5.74) is 3.05. The third kappa shape index (κ3) is 2.61. The van der Waals surface area contributed by atoms with E-state index in [-0.39, 0.29) is 12.5 Å². The molecule has 2 unspecified atom stereocenters. The first-order chi connectivity index (χ1) is 9.43. The van der Waals surface area contributed by atoms with Gasteiger partial charge in [-0.05, 0) is 37.5 Å². The molecule has 0 saturated carbocycles. The molecule has 5 heteroatoms. The molecule has 0 spiro atoms. The van der Waals surface area contributed by atoms with Crippen molar-refractivity contribution in [2.24, 2.45) is 0 Å². The average Bonchev–Trinajstić information content (AvgIpc) is 2.78. The van der Waals surface area contributed by atoms with Gasteiger partial charge in [0, 0.05) is 5.56 Å². The van der Waals surface area contributed by atoms with Crippen LogP contribution in [0.25, 0.3) is 0 Å². The molecule has 1 aromatic rings. The van der Waals surface area contributed by atoms with Gasteiger partial charge in [0.2, 0.25) is 5.91 Å². The van der Waals surface area contributed by atoms with Crippen molar-refractivity contribution in [3.63, 3.8) is 0 Å². The summed E-state index contributed by atoms with van der Waals surface area (Å²) in [5.74, 6) is -1.02. The topological polar surface area (TPSA) is 75.6 Å². The second kappa shape index (κ2) is 5.53. The van der Waals surface area contributed by atoms with E-state index in [0.29, 0.717) is 6.42 Å². The number of carbonyl (C=O) groups is 2. The minimum atomic E-state index is -1.01. The van der Waals surface area contributed by atoms with Crippen LogP contribution in [0, 0.1) is 13.8 Å². The van der Waals surface area contributed by atoms with E-state index >= 15 is 0 Å². The largest absolute Gasteiger partial charge is 0.492 e. The smallest absolute Gasteiger partial charge is 0.326 e. The Labute approximate surface area is 117 Å². The van der Waals surface area contributed by atoms with Crippen LogP contribution in [0.2, 0.25) is 0 Å². The number of fused-ring (bicyclic) bond motifs is 1. The van der Waals surface area contributed by atoms with Crippen LogP contribution in [0.1, 0.15) is 36.0 Å². The van der Waals surface area contributed by atoms with Crippen LogP contribution in [0.5, 0.6) is 5.75 Å². The Morgan fingerprint density at radius 2 is 2.05 bits per heavy atom. The van der Waals surface area contributed by atoms with Gasteiger partial charge in [-0.3, -0.25) is 4.79 Å². The quantitative estimate of drug-likeness (QED) is 0.879. The summed E-state index contributed by atoms with van der Waals surface area (Å²) >= 11 is 0. The van der Waals surface area contributed by atoms with E-state index in [1.165, 1.54) is 0 Å². The van der Waals surface area contributed by atoms with Crippen LogP contribution in [0.3, 0.4) is 0 Å². The predicted molar refractivity (Wildman–Crippen MR) is 74.0 cm³/mol. The van der Waals surface area contributed by atoms with E-state index in [4.69, 9.17) is 9.84 Å². The Morgan fingerprint density at radius 1 is 1.40 bits per heavy atom. The number of aryl methyl sites for hydroxylation is 2. The van der Waals surface area contributed by atoms with Crippen molar-refractivity contribution in [3.8, 4) is 5.75 Å². The molecule has 0 saturated heterocycles. The Bertz CT molecular complexity index is 553. The zero-order valence-electron chi connectivity index (χ0n) is 11.9. The standard InChI is InChI=1S/C15H19NO4/c1-4-12(15(18)19)16-14(17)11-7-20-13-6-9(3)8(2)5-10(11)13/h5-6,11-12H,4,7H2,1-3H3,(H,16,17)(H,18,19). The first kappa shape index (κ1) is 14.4. The van der Waals surface area contributed by atoms with Crippen molar-refractivity contribution in [1.82, 2.24) is 5.32 Å². The lowest BCUT2D eigenvalue weighted by Gasteiger charge is -2.15. The molecule has 0 aromatic heterocycles. The van der Waals surface area contributed by atoms with Crippen LogP contribution in [0.15, 0.2) is 12.1 Å². The number of carboxylic acids is 1. The van der Waals surface area contributed by atoms with Crippen molar-refractivity contribution in [2.45, 2.75) is 39.2 Å². The molecule has 0 fully saturated rings. The highest BCUT2D eigenvalue weighted by Gasteiger charge is 2.32. The van der Waals surface area contributed by atoms with Crippen LogP contribution in [-0.2, 0) is 9.59 Å². The summed E-state index contributed by atoms with van der Waals surface area (Å²) in [6, 6.07) is 3.02. The lowest BCUT2D eigenvalue weighted by atomic mass is 9.96. The monoisotopic (exact) mass is 277 g/mol. The number of rotatable bonds is 4. The Kier molecular flexibility index (Phi) is 3.97. The Balaban J connectivity index is 2.19. The fourth-order valence-electron chi connectivity index (χ4n) is 2.30. The molecule has 1 aliphatic heterocycles. The van der Waals surface area contributed by atoms with Crippen molar-refractivity contribution in [2.75, 3.05) is 6.61 Å². The minimum Gasteiger partial charge on any atom is -0.492 e. The summed E-state index contributed by atoms with van der Waals surface area (Å²) in [6.45, 7) is 5.96. The lowest BCUT2D eigenvalue weighted by molar-refractivity contribution is -0.142. The number of hydrogen-bond acceptors (Lipinski definition) is 3. The van der Waals surface area contributed by atoms with Gasteiger partial charge in [0.25, 0.3) is 0 Å². The van der Waals surface area contributed by atoms with Gasteiger partial charge in [-0.25, -0.2) is 4.79 Å². The fourth-order valence-corrected chi connectivity index (χ4v) is 2.30. The van der Waals surface area contributed by atoms with Gasteiger partial charge in [-0.1, -0.05) is 13.0 Å². The van der Waals surface area contributed by atoms with Gasteiger partial charge in [0.05, 0.1) is 0 Å². The number of hydrogen-bond donors (Lipinski definition) is 2.